The van der Waals surface area contributed by atoms with Crippen molar-refractivity contribution in [3.8, 4) is 0 Å². The predicted octanol–water partition coefficient (Wildman–Crippen LogP) is 4.68. The standard InChI is InChI=1S/C26H26FN3O2/c1-3-22-16-30(17-28-22)24(23-7-5-4-6-18(23)2)26(32)29-14-12-20(13-15-29)25(31)19-8-10-21(27)11-9-19/h3-11,16-17,20,24H,1,12-15H2,2H3. The summed E-state index contributed by atoms with van der Waals surface area (Å²) < 4.78 is 15.0. The number of hydrogen-bond acceptors (Lipinski definition) is 3. The van der Waals surface area contributed by atoms with Gasteiger partial charge in [-0.3, -0.25) is 9.59 Å². The number of piperidine rings is 1. The molecule has 1 aliphatic rings. The summed E-state index contributed by atoms with van der Waals surface area (Å²) in [4.78, 5) is 32.6. The Morgan fingerprint density at radius 3 is 2.44 bits per heavy atom. The topological polar surface area (TPSA) is 55.2 Å². The third-order valence-corrected chi connectivity index (χ3v) is 6.15. The van der Waals surface area contributed by atoms with Gasteiger partial charge >= 0.3 is 0 Å². The molecule has 1 amide bonds. The normalized spacial score (nSPS) is 15.4. The number of Topliss-reactive ketones (excluding diaryl/α,β-unsaturated/α-hetero) is 1. The molecular formula is C26H26FN3O2. The van der Waals surface area contributed by atoms with E-state index in [9.17, 15) is 14.0 Å². The first-order valence-corrected chi connectivity index (χ1v) is 10.8. The molecule has 0 N–H and O–H groups in total. The maximum atomic E-state index is 13.7. The van der Waals surface area contributed by atoms with Crippen molar-refractivity contribution in [1.82, 2.24) is 14.5 Å². The first kappa shape index (κ1) is 21.7. The second kappa shape index (κ2) is 9.30. The molecule has 164 valence electrons. The second-order valence-corrected chi connectivity index (χ2v) is 8.18. The minimum Gasteiger partial charge on any atom is -0.341 e. The van der Waals surface area contributed by atoms with Crippen molar-refractivity contribution in [2.24, 2.45) is 5.92 Å². The number of imidazole rings is 1. The summed E-state index contributed by atoms with van der Waals surface area (Å²) in [5.41, 5.74) is 3.18. The Morgan fingerprint density at radius 2 is 1.81 bits per heavy atom. The Bertz CT molecular complexity index is 1130. The van der Waals surface area contributed by atoms with Crippen molar-refractivity contribution in [3.63, 3.8) is 0 Å². The lowest BCUT2D eigenvalue weighted by molar-refractivity contribution is -0.134. The van der Waals surface area contributed by atoms with Crippen molar-refractivity contribution in [2.75, 3.05) is 13.1 Å². The van der Waals surface area contributed by atoms with E-state index in [-0.39, 0.29) is 23.4 Å². The smallest absolute Gasteiger partial charge is 0.250 e. The molecule has 6 heteroatoms. The summed E-state index contributed by atoms with van der Waals surface area (Å²) in [5, 5.41) is 0. The zero-order chi connectivity index (χ0) is 22.7. The van der Waals surface area contributed by atoms with Crippen molar-refractivity contribution < 1.29 is 14.0 Å². The van der Waals surface area contributed by atoms with Gasteiger partial charge < -0.3 is 9.47 Å². The number of carbonyl (C=O) groups is 2. The Morgan fingerprint density at radius 1 is 1.12 bits per heavy atom. The van der Waals surface area contributed by atoms with Crippen LogP contribution in [0.5, 0.6) is 0 Å². The van der Waals surface area contributed by atoms with Gasteiger partial charge in [-0.2, -0.15) is 0 Å². The Balaban J connectivity index is 1.52. The highest BCUT2D eigenvalue weighted by Gasteiger charge is 2.33. The number of nitrogens with zero attached hydrogens (tertiary/aromatic N) is 3. The van der Waals surface area contributed by atoms with E-state index in [4.69, 9.17) is 0 Å². The number of aromatic nitrogens is 2. The van der Waals surface area contributed by atoms with Gasteiger partial charge in [0.25, 0.3) is 0 Å². The SMILES string of the molecule is C=Cc1cn(C(C(=O)N2CCC(C(=O)c3ccc(F)cc3)CC2)c2ccccc2C)cn1. The number of halogens is 1. The monoisotopic (exact) mass is 431 g/mol. The number of carbonyl (C=O) groups excluding carboxylic acids is 2. The van der Waals surface area contributed by atoms with Gasteiger partial charge in [0, 0.05) is 30.8 Å². The molecule has 0 saturated carbocycles. The van der Waals surface area contributed by atoms with Crippen LogP contribution in [0, 0.1) is 18.7 Å². The summed E-state index contributed by atoms with van der Waals surface area (Å²) in [6.07, 6.45) is 6.32. The van der Waals surface area contributed by atoms with E-state index in [1.165, 1.54) is 24.3 Å². The largest absolute Gasteiger partial charge is 0.341 e. The van der Waals surface area contributed by atoms with Crippen LogP contribution in [0.4, 0.5) is 4.39 Å². The molecular weight excluding hydrogens is 405 g/mol. The second-order valence-electron chi connectivity index (χ2n) is 8.18. The first-order valence-electron chi connectivity index (χ1n) is 10.8. The molecule has 4 rings (SSSR count). The van der Waals surface area contributed by atoms with Crippen LogP contribution in [0.25, 0.3) is 6.08 Å². The van der Waals surface area contributed by atoms with E-state index in [1.54, 1.807) is 12.4 Å². The van der Waals surface area contributed by atoms with Gasteiger partial charge in [0.05, 0.1) is 12.0 Å². The first-order chi connectivity index (χ1) is 15.5. The highest BCUT2D eigenvalue weighted by Crippen LogP contribution is 2.28. The zero-order valence-corrected chi connectivity index (χ0v) is 18.1. The number of aryl methyl sites for hydroxylation is 1. The number of likely N-dealkylation sites (tertiary alicyclic amines) is 1. The molecule has 1 unspecified atom stereocenters. The zero-order valence-electron chi connectivity index (χ0n) is 18.1. The van der Waals surface area contributed by atoms with Gasteiger partial charge in [-0.1, -0.05) is 30.8 Å². The van der Waals surface area contributed by atoms with Crippen molar-refractivity contribution in [1.29, 1.82) is 0 Å². The number of rotatable bonds is 6. The lowest BCUT2D eigenvalue weighted by Crippen LogP contribution is -2.44. The number of hydrogen-bond donors (Lipinski definition) is 0. The van der Waals surface area contributed by atoms with Crippen LogP contribution in [-0.4, -0.2) is 39.2 Å². The van der Waals surface area contributed by atoms with Gasteiger partial charge in [0.1, 0.15) is 11.9 Å². The van der Waals surface area contributed by atoms with Crippen LogP contribution in [-0.2, 0) is 4.79 Å². The molecule has 0 radical (unpaired) electrons. The maximum Gasteiger partial charge on any atom is 0.250 e. The van der Waals surface area contributed by atoms with Crippen molar-refractivity contribution in [2.45, 2.75) is 25.8 Å². The lowest BCUT2D eigenvalue weighted by Gasteiger charge is -2.34. The van der Waals surface area contributed by atoms with Crippen molar-refractivity contribution in [3.05, 3.63) is 95.8 Å². The molecule has 1 atom stereocenters. The van der Waals surface area contributed by atoms with E-state index in [2.05, 4.69) is 11.6 Å². The Labute approximate surface area is 187 Å². The third kappa shape index (κ3) is 4.40. The quantitative estimate of drug-likeness (QED) is 0.533. The highest BCUT2D eigenvalue weighted by molar-refractivity contribution is 5.98. The van der Waals surface area contributed by atoms with Crippen LogP contribution in [0.2, 0.25) is 0 Å². The molecule has 0 spiro atoms. The third-order valence-electron chi connectivity index (χ3n) is 6.15. The van der Waals surface area contributed by atoms with Gasteiger partial charge in [-0.25, -0.2) is 9.37 Å². The predicted molar refractivity (Wildman–Crippen MR) is 122 cm³/mol. The number of ketones is 1. The van der Waals surface area contributed by atoms with E-state index >= 15 is 0 Å². The molecule has 3 aromatic rings. The number of benzene rings is 2. The summed E-state index contributed by atoms with van der Waals surface area (Å²) in [6, 6.07) is 13.0. The summed E-state index contributed by atoms with van der Waals surface area (Å²) in [5.74, 6) is -0.525. The molecule has 1 aromatic heterocycles. The van der Waals surface area contributed by atoms with E-state index in [0.717, 1.165) is 11.1 Å². The minimum atomic E-state index is -0.526. The Hall–Kier alpha value is -3.54. The summed E-state index contributed by atoms with van der Waals surface area (Å²) in [6.45, 7) is 6.76. The van der Waals surface area contributed by atoms with Crippen LogP contribution in [0.15, 0.2) is 67.6 Å². The molecule has 0 aliphatic carbocycles. The fourth-order valence-corrected chi connectivity index (χ4v) is 4.30. The fourth-order valence-electron chi connectivity index (χ4n) is 4.30. The highest BCUT2D eigenvalue weighted by atomic mass is 19.1. The summed E-state index contributed by atoms with van der Waals surface area (Å²) in [7, 11) is 0. The average Bonchev–Trinajstić information content (AvgIpc) is 3.29. The molecule has 2 heterocycles. The van der Waals surface area contributed by atoms with Crippen LogP contribution in [0.1, 0.15) is 46.1 Å². The average molecular weight is 432 g/mol. The van der Waals surface area contributed by atoms with E-state index < -0.39 is 6.04 Å². The molecule has 5 nitrogen and oxygen atoms in total. The molecule has 1 aliphatic heterocycles. The summed E-state index contributed by atoms with van der Waals surface area (Å²) >= 11 is 0. The van der Waals surface area contributed by atoms with Gasteiger partial charge in [0.2, 0.25) is 5.91 Å². The van der Waals surface area contributed by atoms with Crippen molar-refractivity contribution >= 4 is 17.8 Å². The van der Waals surface area contributed by atoms with E-state index in [1.807, 2.05) is 46.9 Å². The van der Waals surface area contributed by atoms with E-state index in [0.29, 0.717) is 37.2 Å². The molecule has 1 fully saturated rings. The van der Waals surface area contributed by atoms with Crippen LogP contribution in [0.3, 0.4) is 0 Å². The van der Waals surface area contributed by atoms with Crippen LogP contribution >= 0.6 is 0 Å². The van der Waals surface area contributed by atoms with Gasteiger partial charge in [-0.05, 0) is 61.2 Å². The molecule has 2 aromatic carbocycles. The van der Waals surface area contributed by atoms with Crippen LogP contribution < -0.4 is 0 Å². The minimum absolute atomic E-state index is 0.0118. The molecule has 0 bridgehead atoms. The molecule has 32 heavy (non-hydrogen) atoms. The fraction of sp³-hybridized carbons (Fsp3) is 0.269. The molecule has 1 saturated heterocycles. The van der Waals surface area contributed by atoms with Gasteiger partial charge in [-0.15, -0.1) is 0 Å². The Kier molecular flexibility index (Phi) is 6.30. The van der Waals surface area contributed by atoms with Gasteiger partial charge in [0.15, 0.2) is 5.78 Å². The maximum absolute atomic E-state index is 13.7. The number of amides is 1. The lowest BCUT2D eigenvalue weighted by atomic mass is 9.88.